The van der Waals surface area contributed by atoms with Gasteiger partial charge in [0.15, 0.2) is 0 Å². The number of carbonyl (C=O) groups is 1. The number of primary amides is 1. The number of halogens is 3. The molecule has 98 valence electrons. The molecule has 0 saturated heterocycles. The number of alkyl halides is 3. The Morgan fingerprint density at radius 2 is 1.74 bits per heavy atom. The van der Waals surface area contributed by atoms with Crippen molar-refractivity contribution in [3.63, 3.8) is 0 Å². The van der Waals surface area contributed by atoms with Crippen LogP contribution in [0, 0.1) is 0 Å². The Bertz CT molecular complexity index is 606. The van der Waals surface area contributed by atoms with E-state index in [-0.39, 0.29) is 16.8 Å². The molecular weight excluding hydrogens is 257 g/mol. The Morgan fingerprint density at radius 1 is 1.11 bits per heavy atom. The number of amides is 1. The summed E-state index contributed by atoms with van der Waals surface area (Å²) in [5.74, 6) is -0.636. The van der Waals surface area contributed by atoms with Gasteiger partial charge in [-0.15, -0.1) is 0 Å². The molecule has 0 bridgehead atoms. The van der Waals surface area contributed by atoms with E-state index in [0.717, 1.165) is 6.07 Å². The number of hydrogen-bond acceptors (Lipinski definition) is 2. The minimum absolute atomic E-state index is 0.175. The van der Waals surface area contributed by atoms with Gasteiger partial charge in [-0.05, 0) is 24.3 Å². The SMILES string of the molecule is NC(=O)c1ccc(-c2ncccc2C(F)(F)F)cc1. The van der Waals surface area contributed by atoms with Crippen LogP contribution in [0.1, 0.15) is 15.9 Å². The molecule has 19 heavy (non-hydrogen) atoms. The van der Waals surface area contributed by atoms with Gasteiger partial charge in [0.05, 0.1) is 11.3 Å². The van der Waals surface area contributed by atoms with Gasteiger partial charge in [-0.1, -0.05) is 12.1 Å². The summed E-state index contributed by atoms with van der Waals surface area (Å²) in [6, 6.07) is 7.70. The number of hydrogen-bond donors (Lipinski definition) is 1. The van der Waals surface area contributed by atoms with Gasteiger partial charge >= 0.3 is 6.18 Å². The molecule has 3 nitrogen and oxygen atoms in total. The van der Waals surface area contributed by atoms with Gasteiger partial charge in [-0.2, -0.15) is 13.2 Å². The van der Waals surface area contributed by atoms with E-state index < -0.39 is 17.6 Å². The average molecular weight is 266 g/mol. The van der Waals surface area contributed by atoms with Crippen LogP contribution >= 0.6 is 0 Å². The number of aromatic nitrogens is 1. The topological polar surface area (TPSA) is 56.0 Å². The van der Waals surface area contributed by atoms with Crippen LogP contribution in [0.25, 0.3) is 11.3 Å². The van der Waals surface area contributed by atoms with E-state index in [1.54, 1.807) is 0 Å². The molecule has 0 aliphatic heterocycles. The lowest BCUT2D eigenvalue weighted by molar-refractivity contribution is -0.137. The Labute approximate surface area is 106 Å². The average Bonchev–Trinajstić information content (AvgIpc) is 2.38. The second-order valence-corrected chi connectivity index (χ2v) is 3.84. The van der Waals surface area contributed by atoms with Crippen LogP contribution in [0.5, 0.6) is 0 Å². The van der Waals surface area contributed by atoms with Crippen LogP contribution in [-0.4, -0.2) is 10.9 Å². The van der Waals surface area contributed by atoms with E-state index in [9.17, 15) is 18.0 Å². The number of benzene rings is 1. The third kappa shape index (κ3) is 2.73. The van der Waals surface area contributed by atoms with Gasteiger partial charge in [-0.25, -0.2) is 0 Å². The number of carbonyl (C=O) groups excluding carboxylic acids is 1. The van der Waals surface area contributed by atoms with E-state index in [2.05, 4.69) is 4.98 Å². The molecule has 1 aromatic heterocycles. The summed E-state index contributed by atoms with van der Waals surface area (Å²) in [7, 11) is 0. The van der Waals surface area contributed by atoms with Crippen molar-refractivity contribution in [2.75, 3.05) is 0 Å². The molecule has 0 atom stereocenters. The van der Waals surface area contributed by atoms with E-state index in [0.29, 0.717) is 0 Å². The number of nitrogens with two attached hydrogens (primary N) is 1. The van der Waals surface area contributed by atoms with Crippen molar-refractivity contribution in [1.82, 2.24) is 4.98 Å². The molecule has 2 aromatic rings. The highest BCUT2D eigenvalue weighted by Gasteiger charge is 2.34. The molecule has 0 saturated carbocycles. The van der Waals surface area contributed by atoms with E-state index in [1.165, 1.54) is 36.5 Å². The fraction of sp³-hybridized carbons (Fsp3) is 0.0769. The van der Waals surface area contributed by atoms with Gasteiger partial charge < -0.3 is 5.73 Å². The highest BCUT2D eigenvalue weighted by molar-refractivity contribution is 5.93. The number of pyridine rings is 1. The van der Waals surface area contributed by atoms with Crippen LogP contribution in [0.4, 0.5) is 13.2 Å². The van der Waals surface area contributed by atoms with E-state index in [1.807, 2.05) is 0 Å². The lowest BCUT2D eigenvalue weighted by Gasteiger charge is -2.11. The largest absolute Gasteiger partial charge is 0.418 e. The fourth-order valence-electron chi connectivity index (χ4n) is 1.66. The molecule has 1 aromatic carbocycles. The highest BCUT2D eigenvalue weighted by Crippen LogP contribution is 2.35. The maximum absolute atomic E-state index is 12.8. The lowest BCUT2D eigenvalue weighted by Crippen LogP contribution is -2.11. The van der Waals surface area contributed by atoms with Gasteiger partial charge in [0.1, 0.15) is 0 Å². The van der Waals surface area contributed by atoms with Crippen molar-refractivity contribution >= 4 is 5.91 Å². The molecule has 1 heterocycles. The summed E-state index contributed by atoms with van der Waals surface area (Å²) in [5.41, 5.74) is 4.58. The maximum atomic E-state index is 12.8. The molecule has 0 spiro atoms. The smallest absolute Gasteiger partial charge is 0.366 e. The predicted molar refractivity (Wildman–Crippen MR) is 63.2 cm³/mol. The van der Waals surface area contributed by atoms with Crippen molar-refractivity contribution < 1.29 is 18.0 Å². The molecule has 0 radical (unpaired) electrons. The lowest BCUT2D eigenvalue weighted by atomic mass is 10.0. The first-order chi connectivity index (χ1) is 8.89. The Hall–Kier alpha value is -2.37. The summed E-state index contributed by atoms with van der Waals surface area (Å²) in [5, 5.41) is 0. The summed E-state index contributed by atoms with van der Waals surface area (Å²) in [4.78, 5) is 14.7. The second kappa shape index (κ2) is 4.72. The third-order valence-electron chi connectivity index (χ3n) is 2.56. The third-order valence-corrected chi connectivity index (χ3v) is 2.56. The molecule has 1 amide bonds. The first kappa shape index (κ1) is 13.1. The summed E-state index contributed by atoms with van der Waals surface area (Å²) >= 11 is 0. The fourth-order valence-corrected chi connectivity index (χ4v) is 1.66. The van der Waals surface area contributed by atoms with Crippen molar-refractivity contribution in [3.05, 3.63) is 53.7 Å². The molecule has 0 aliphatic rings. The van der Waals surface area contributed by atoms with Gasteiger partial charge in [0.25, 0.3) is 0 Å². The van der Waals surface area contributed by atoms with Crippen molar-refractivity contribution in [2.45, 2.75) is 6.18 Å². The van der Waals surface area contributed by atoms with E-state index >= 15 is 0 Å². The Kier molecular flexibility index (Phi) is 3.25. The standard InChI is InChI=1S/C13H9F3N2O/c14-13(15,16)10-2-1-7-18-11(10)8-3-5-9(6-4-8)12(17)19/h1-7H,(H2,17,19). The van der Waals surface area contributed by atoms with Crippen molar-refractivity contribution in [2.24, 2.45) is 5.73 Å². The summed E-state index contributed by atoms with van der Waals surface area (Å²) < 4.78 is 38.5. The molecule has 0 fully saturated rings. The normalized spacial score (nSPS) is 11.3. The minimum atomic E-state index is -4.48. The monoisotopic (exact) mass is 266 g/mol. The Morgan fingerprint density at radius 3 is 2.26 bits per heavy atom. The van der Waals surface area contributed by atoms with Crippen LogP contribution in [0.3, 0.4) is 0 Å². The highest BCUT2D eigenvalue weighted by atomic mass is 19.4. The number of nitrogens with zero attached hydrogens (tertiary/aromatic N) is 1. The molecular formula is C13H9F3N2O. The van der Waals surface area contributed by atoms with Gasteiger partial charge in [-0.3, -0.25) is 9.78 Å². The first-order valence-electron chi connectivity index (χ1n) is 5.32. The molecule has 0 aliphatic carbocycles. The van der Waals surface area contributed by atoms with Crippen LogP contribution in [0.15, 0.2) is 42.6 Å². The van der Waals surface area contributed by atoms with Crippen LogP contribution < -0.4 is 5.73 Å². The first-order valence-corrected chi connectivity index (χ1v) is 5.32. The number of rotatable bonds is 2. The van der Waals surface area contributed by atoms with Gasteiger partial charge in [0, 0.05) is 17.3 Å². The summed E-state index contributed by atoms with van der Waals surface area (Å²) in [6.45, 7) is 0. The quantitative estimate of drug-likeness (QED) is 0.908. The maximum Gasteiger partial charge on any atom is 0.418 e. The summed E-state index contributed by atoms with van der Waals surface area (Å²) in [6.07, 6.45) is -3.20. The van der Waals surface area contributed by atoms with Crippen molar-refractivity contribution in [3.8, 4) is 11.3 Å². The zero-order valence-electron chi connectivity index (χ0n) is 9.61. The molecule has 2 N–H and O–H groups in total. The second-order valence-electron chi connectivity index (χ2n) is 3.84. The molecule has 0 unspecified atom stereocenters. The molecule has 2 rings (SSSR count). The predicted octanol–water partition coefficient (Wildman–Crippen LogP) is 2.87. The minimum Gasteiger partial charge on any atom is -0.366 e. The zero-order chi connectivity index (χ0) is 14.0. The van der Waals surface area contributed by atoms with Crippen molar-refractivity contribution in [1.29, 1.82) is 0 Å². The zero-order valence-corrected chi connectivity index (χ0v) is 9.61. The van der Waals surface area contributed by atoms with Crippen LogP contribution in [0.2, 0.25) is 0 Å². The molecule has 6 heteroatoms. The van der Waals surface area contributed by atoms with Gasteiger partial charge in [0.2, 0.25) is 5.91 Å². The Balaban J connectivity index is 2.50. The van der Waals surface area contributed by atoms with E-state index in [4.69, 9.17) is 5.73 Å². The van der Waals surface area contributed by atoms with Crippen LogP contribution in [-0.2, 0) is 6.18 Å².